The Hall–Kier alpha value is -1.56. The number of cyclic esters (lactones) is 1. The summed E-state index contributed by atoms with van der Waals surface area (Å²) in [6.07, 6.45) is -1.49. The van der Waals surface area contributed by atoms with Crippen molar-refractivity contribution in [2.45, 2.75) is 18.4 Å². The van der Waals surface area contributed by atoms with E-state index in [4.69, 9.17) is 16.3 Å². The van der Waals surface area contributed by atoms with Crippen LogP contribution in [0.1, 0.15) is 6.42 Å². The molecule has 104 valence electrons. The summed E-state index contributed by atoms with van der Waals surface area (Å²) in [5, 5.41) is 3.37. The normalized spacial score (nSPS) is 21.1. The lowest BCUT2D eigenvalue weighted by molar-refractivity contribution is -0.158. The number of carbonyl (C=O) groups is 1. The Morgan fingerprint density at radius 2 is 2.32 bits per heavy atom. The van der Waals surface area contributed by atoms with Gasteiger partial charge in [-0.25, -0.2) is 4.79 Å². The molecule has 1 unspecified atom stereocenters. The summed E-state index contributed by atoms with van der Waals surface area (Å²) in [5.41, 5.74) is 0.557. The second-order valence-corrected chi connectivity index (χ2v) is 4.60. The van der Waals surface area contributed by atoms with Crippen LogP contribution in [-0.2, 0) is 9.53 Å². The summed E-state index contributed by atoms with van der Waals surface area (Å²) < 4.78 is 35.6. The topological polar surface area (TPSA) is 47.6 Å². The zero-order valence-corrected chi connectivity index (χ0v) is 10.8. The molecule has 1 aromatic carbocycles. The Morgan fingerprint density at radius 1 is 1.58 bits per heavy atom. The summed E-state index contributed by atoms with van der Waals surface area (Å²) in [6, 6.07) is 4.91. The van der Waals surface area contributed by atoms with Gasteiger partial charge in [0, 0.05) is 5.02 Å². The second kappa shape index (κ2) is 5.21. The monoisotopic (exact) mass is 291 g/mol. The van der Waals surface area contributed by atoms with Crippen molar-refractivity contribution in [3.8, 4) is 5.75 Å². The van der Waals surface area contributed by atoms with E-state index < -0.39 is 24.4 Å². The van der Waals surface area contributed by atoms with Crippen LogP contribution in [0.15, 0.2) is 18.2 Å². The quantitative estimate of drug-likeness (QED) is 0.867. The molecule has 1 heterocycles. The van der Waals surface area contributed by atoms with Crippen molar-refractivity contribution in [3.63, 3.8) is 0 Å². The van der Waals surface area contributed by atoms with Crippen molar-refractivity contribution in [2.24, 2.45) is 0 Å². The first-order chi connectivity index (χ1) is 8.92. The predicted octanol–water partition coefficient (Wildman–Crippen LogP) is 2.71. The molecule has 4 nitrogen and oxygen atoms in total. The van der Waals surface area contributed by atoms with Gasteiger partial charge >= 0.3 is 11.9 Å². The molecule has 0 spiro atoms. The molecular weight excluding hydrogens is 280 g/mol. The van der Waals surface area contributed by atoms with E-state index in [1.807, 2.05) is 0 Å². The third-order valence-electron chi connectivity index (χ3n) is 2.74. The second-order valence-electron chi connectivity index (χ2n) is 4.16. The van der Waals surface area contributed by atoms with Crippen LogP contribution in [-0.4, -0.2) is 31.7 Å². The van der Waals surface area contributed by atoms with Crippen LogP contribution in [0.25, 0.3) is 0 Å². The SMILES string of the molecule is COc1ccc(Cl)cc1NCC1CC(F)(F)C(=O)O1. The molecule has 0 radical (unpaired) electrons. The zero-order chi connectivity index (χ0) is 14.0. The first kappa shape index (κ1) is 13.9. The maximum Gasteiger partial charge on any atom is 0.377 e. The minimum absolute atomic E-state index is 0.0675. The molecule has 1 fully saturated rings. The lowest BCUT2D eigenvalue weighted by Crippen LogP contribution is -2.22. The van der Waals surface area contributed by atoms with E-state index in [1.165, 1.54) is 7.11 Å². The predicted molar refractivity (Wildman–Crippen MR) is 65.9 cm³/mol. The molecule has 0 aromatic heterocycles. The van der Waals surface area contributed by atoms with E-state index in [9.17, 15) is 13.6 Å². The fourth-order valence-electron chi connectivity index (χ4n) is 1.80. The van der Waals surface area contributed by atoms with Gasteiger partial charge in [-0.1, -0.05) is 11.6 Å². The van der Waals surface area contributed by atoms with E-state index in [2.05, 4.69) is 10.1 Å². The third kappa shape index (κ3) is 3.07. The molecule has 1 aromatic rings. The molecule has 1 N–H and O–H groups in total. The van der Waals surface area contributed by atoms with Crippen LogP contribution in [0.5, 0.6) is 5.75 Å². The van der Waals surface area contributed by atoms with Crippen molar-refractivity contribution in [1.82, 2.24) is 0 Å². The highest BCUT2D eigenvalue weighted by molar-refractivity contribution is 6.30. The van der Waals surface area contributed by atoms with Crippen LogP contribution in [0.3, 0.4) is 0 Å². The van der Waals surface area contributed by atoms with Crippen molar-refractivity contribution < 1.29 is 23.0 Å². The molecule has 0 saturated carbocycles. The largest absolute Gasteiger partial charge is 0.495 e. The van der Waals surface area contributed by atoms with Crippen molar-refractivity contribution in [3.05, 3.63) is 23.2 Å². The fourth-order valence-corrected chi connectivity index (χ4v) is 1.98. The number of carbonyl (C=O) groups excluding carboxylic acids is 1. The minimum Gasteiger partial charge on any atom is -0.495 e. The number of hydrogen-bond donors (Lipinski definition) is 1. The lowest BCUT2D eigenvalue weighted by Gasteiger charge is -2.14. The number of anilines is 1. The summed E-state index contributed by atoms with van der Waals surface area (Å²) in [6.45, 7) is 0.0675. The molecule has 0 aliphatic carbocycles. The van der Waals surface area contributed by atoms with Crippen molar-refractivity contribution in [2.75, 3.05) is 19.0 Å². The number of halogens is 3. The van der Waals surface area contributed by atoms with E-state index in [-0.39, 0.29) is 6.54 Å². The van der Waals surface area contributed by atoms with Crippen LogP contribution in [0, 0.1) is 0 Å². The van der Waals surface area contributed by atoms with Gasteiger partial charge in [-0.3, -0.25) is 0 Å². The Morgan fingerprint density at radius 3 is 2.89 bits per heavy atom. The average molecular weight is 292 g/mol. The Balaban J connectivity index is 2.00. The fraction of sp³-hybridized carbons (Fsp3) is 0.417. The zero-order valence-electron chi connectivity index (χ0n) is 10.1. The molecule has 19 heavy (non-hydrogen) atoms. The first-order valence-corrected chi connectivity index (χ1v) is 5.96. The average Bonchev–Trinajstić information content (AvgIpc) is 2.61. The van der Waals surface area contributed by atoms with Crippen LogP contribution in [0.4, 0.5) is 14.5 Å². The van der Waals surface area contributed by atoms with Gasteiger partial charge in [-0.05, 0) is 18.2 Å². The number of nitrogens with one attached hydrogen (secondary N) is 1. The minimum atomic E-state index is -3.40. The molecular formula is C12H12ClF2NO3. The van der Waals surface area contributed by atoms with Gasteiger partial charge < -0.3 is 14.8 Å². The van der Waals surface area contributed by atoms with E-state index in [0.29, 0.717) is 16.5 Å². The van der Waals surface area contributed by atoms with Crippen molar-refractivity contribution in [1.29, 1.82) is 0 Å². The molecule has 1 aliphatic rings. The van der Waals surface area contributed by atoms with Gasteiger partial charge in [-0.2, -0.15) is 8.78 Å². The maximum absolute atomic E-state index is 13.0. The van der Waals surface area contributed by atoms with Crippen LogP contribution < -0.4 is 10.1 Å². The number of esters is 1. The number of rotatable bonds is 4. The number of benzene rings is 1. The molecule has 1 atom stereocenters. The summed E-state index contributed by atoms with van der Waals surface area (Å²) >= 11 is 5.84. The molecule has 0 bridgehead atoms. The first-order valence-electron chi connectivity index (χ1n) is 5.58. The van der Waals surface area contributed by atoms with E-state index >= 15 is 0 Å². The number of methoxy groups -OCH3 is 1. The summed E-state index contributed by atoms with van der Waals surface area (Å²) in [4.78, 5) is 10.8. The highest BCUT2D eigenvalue weighted by Gasteiger charge is 2.50. The van der Waals surface area contributed by atoms with Gasteiger partial charge in [-0.15, -0.1) is 0 Å². The Bertz CT molecular complexity index is 496. The standard InChI is InChI=1S/C12H12ClF2NO3/c1-18-10-3-2-7(13)4-9(10)16-6-8-5-12(14,15)11(17)19-8/h2-4,8,16H,5-6H2,1H3. The summed E-state index contributed by atoms with van der Waals surface area (Å²) in [5.74, 6) is -4.34. The van der Waals surface area contributed by atoms with Gasteiger partial charge in [0.05, 0.1) is 25.8 Å². The lowest BCUT2D eigenvalue weighted by atomic mass is 10.2. The summed E-state index contributed by atoms with van der Waals surface area (Å²) in [7, 11) is 1.48. The molecule has 7 heteroatoms. The highest BCUT2D eigenvalue weighted by Crippen LogP contribution is 2.32. The molecule has 0 amide bonds. The van der Waals surface area contributed by atoms with Crippen LogP contribution in [0.2, 0.25) is 5.02 Å². The Labute approximate surface area is 113 Å². The molecule has 1 aliphatic heterocycles. The van der Waals surface area contributed by atoms with E-state index in [1.54, 1.807) is 18.2 Å². The van der Waals surface area contributed by atoms with Crippen LogP contribution >= 0.6 is 11.6 Å². The number of ether oxygens (including phenoxy) is 2. The maximum atomic E-state index is 13.0. The number of hydrogen-bond acceptors (Lipinski definition) is 4. The van der Waals surface area contributed by atoms with Gasteiger partial charge in [0.15, 0.2) is 0 Å². The van der Waals surface area contributed by atoms with Gasteiger partial charge in [0.1, 0.15) is 11.9 Å². The van der Waals surface area contributed by atoms with Crippen molar-refractivity contribution >= 4 is 23.3 Å². The molecule has 1 saturated heterocycles. The Kier molecular flexibility index (Phi) is 3.80. The smallest absolute Gasteiger partial charge is 0.377 e. The third-order valence-corrected chi connectivity index (χ3v) is 2.97. The van der Waals surface area contributed by atoms with E-state index in [0.717, 1.165) is 0 Å². The van der Waals surface area contributed by atoms with Gasteiger partial charge in [0.25, 0.3) is 0 Å². The highest BCUT2D eigenvalue weighted by atomic mass is 35.5. The number of alkyl halides is 2. The molecule has 2 rings (SSSR count). The van der Waals surface area contributed by atoms with Gasteiger partial charge in [0.2, 0.25) is 0 Å².